The second-order valence-electron chi connectivity index (χ2n) is 3.52. The second kappa shape index (κ2) is 4.58. The van der Waals surface area contributed by atoms with Crippen LogP contribution in [0.25, 0.3) is 0 Å². The molecule has 0 unspecified atom stereocenters. The number of para-hydroxylation sites is 1. The standard InChI is InChI=1S/C12H14ClNO/c1-15-10-6-8-14(9-7-10)12-5-3-2-4-11(12)13/h2-6H,7-9H2,1H3. The Balaban J connectivity index is 2.14. The van der Waals surface area contributed by atoms with Crippen molar-refractivity contribution in [2.24, 2.45) is 0 Å². The van der Waals surface area contributed by atoms with Crippen LogP contribution in [0.1, 0.15) is 6.42 Å². The molecule has 80 valence electrons. The summed E-state index contributed by atoms with van der Waals surface area (Å²) < 4.78 is 5.21. The molecule has 0 saturated heterocycles. The molecule has 0 aromatic heterocycles. The van der Waals surface area contributed by atoms with Crippen molar-refractivity contribution in [3.05, 3.63) is 41.1 Å². The van der Waals surface area contributed by atoms with E-state index in [1.807, 2.05) is 24.3 Å². The van der Waals surface area contributed by atoms with Crippen molar-refractivity contribution >= 4 is 17.3 Å². The van der Waals surface area contributed by atoms with E-state index in [0.717, 1.165) is 36.0 Å². The number of benzene rings is 1. The monoisotopic (exact) mass is 223 g/mol. The van der Waals surface area contributed by atoms with E-state index >= 15 is 0 Å². The molecule has 0 spiro atoms. The van der Waals surface area contributed by atoms with Crippen LogP contribution in [0.4, 0.5) is 5.69 Å². The number of nitrogens with zero attached hydrogens (tertiary/aromatic N) is 1. The molecule has 0 radical (unpaired) electrons. The number of ether oxygens (including phenoxy) is 1. The summed E-state index contributed by atoms with van der Waals surface area (Å²) >= 11 is 6.13. The average molecular weight is 224 g/mol. The lowest BCUT2D eigenvalue weighted by Crippen LogP contribution is -2.28. The van der Waals surface area contributed by atoms with Crippen molar-refractivity contribution in [3.8, 4) is 0 Å². The van der Waals surface area contributed by atoms with Crippen molar-refractivity contribution in [2.45, 2.75) is 6.42 Å². The maximum Gasteiger partial charge on any atom is 0.0950 e. The van der Waals surface area contributed by atoms with Crippen LogP contribution >= 0.6 is 11.6 Å². The molecule has 0 amide bonds. The molecule has 0 saturated carbocycles. The normalized spacial score (nSPS) is 16.1. The van der Waals surface area contributed by atoms with Crippen LogP contribution in [0.5, 0.6) is 0 Å². The fraction of sp³-hybridized carbons (Fsp3) is 0.333. The summed E-state index contributed by atoms with van der Waals surface area (Å²) in [5.41, 5.74) is 1.10. The van der Waals surface area contributed by atoms with Crippen molar-refractivity contribution in [2.75, 3.05) is 25.1 Å². The summed E-state index contributed by atoms with van der Waals surface area (Å²) in [5.74, 6) is 1.07. The molecule has 2 rings (SSSR count). The van der Waals surface area contributed by atoms with Gasteiger partial charge in [0, 0.05) is 19.5 Å². The predicted octanol–water partition coefficient (Wildman–Crippen LogP) is 3.08. The van der Waals surface area contributed by atoms with Gasteiger partial charge in [-0.15, -0.1) is 0 Å². The van der Waals surface area contributed by atoms with Crippen molar-refractivity contribution in [3.63, 3.8) is 0 Å². The van der Waals surface area contributed by atoms with Crippen molar-refractivity contribution in [1.29, 1.82) is 0 Å². The zero-order valence-electron chi connectivity index (χ0n) is 8.74. The summed E-state index contributed by atoms with van der Waals surface area (Å²) in [6.07, 6.45) is 3.05. The molecular weight excluding hydrogens is 210 g/mol. The van der Waals surface area contributed by atoms with E-state index in [0.29, 0.717) is 0 Å². The Bertz CT molecular complexity index is 376. The minimum absolute atomic E-state index is 0.812. The first-order valence-corrected chi connectivity index (χ1v) is 5.41. The first-order chi connectivity index (χ1) is 7.31. The van der Waals surface area contributed by atoms with E-state index < -0.39 is 0 Å². The molecule has 1 heterocycles. The SMILES string of the molecule is COC1=CCN(c2ccccc2Cl)CC1. The van der Waals surface area contributed by atoms with Crippen LogP contribution in [-0.2, 0) is 4.74 Å². The molecule has 1 aromatic rings. The quantitative estimate of drug-likeness (QED) is 0.764. The topological polar surface area (TPSA) is 12.5 Å². The molecule has 0 fully saturated rings. The molecule has 1 aromatic carbocycles. The van der Waals surface area contributed by atoms with Gasteiger partial charge in [0.1, 0.15) is 0 Å². The average Bonchev–Trinajstić information content (AvgIpc) is 2.30. The zero-order chi connectivity index (χ0) is 10.7. The third-order valence-corrected chi connectivity index (χ3v) is 2.94. The first-order valence-electron chi connectivity index (χ1n) is 5.04. The number of methoxy groups -OCH3 is 1. The number of hydrogen-bond donors (Lipinski definition) is 0. The van der Waals surface area contributed by atoms with Gasteiger partial charge >= 0.3 is 0 Å². The van der Waals surface area contributed by atoms with Gasteiger partial charge < -0.3 is 9.64 Å². The van der Waals surface area contributed by atoms with Gasteiger partial charge in [0.15, 0.2) is 0 Å². The molecule has 3 heteroatoms. The first kappa shape index (κ1) is 10.4. The molecule has 1 aliphatic heterocycles. The molecule has 1 aliphatic rings. The van der Waals surface area contributed by atoms with E-state index in [-0.39, 0.29) is 0 Å². The predicted molar refractivity (Wildman–Crippen MR) is 63.4 cm³/mol. The van der Waals surface area contributed by atoms with Crippen LogP contribution in [0.3, 0.4) is 0 Å². The highest BCUT2D eigenvalue weighted by Crippen LogP contribution is 2.27. The van der Waals surface area contributed by atoms with Gasteiger partial charge in [0.05, 0.1) is 23.6 Å². The van der Waals surface area contributed by atoms with Gasteiger partial charge in [0.25, 0.3) is 0 Å². The van der Waals surface area contributed by atoms with Gasteiger partial charge in [0.2, 0.25) is 0 Å². The fourth-order valence-corrected chi connectivity index (χ4v) is 2.02. The largest absolute Gasteiger partial charge is 0.501 e. The van der Waals surface area contributed by atoms with Crippen LogP contribution in [0, 0.1) is 0 Å². The maximum absolute atomic E-state index is 6.13. The lowest BCUT2D eigenvalue weighted by atomic mass is 10.2. The Morgan fingerprint density at radius 1 is 1.33 bits per heavy atom. The zero-order valence-corrected chi connectivity index (χ0v) is 9.50. The van der Waals surface area contributed by atoms with E-state index in [1.165, 1.54) is 0 Å². The van der Waals surface area contributed by atoms with Crippen LogP contribution in [0.2, 0.25) is 5.02 Å². The van der Waals surface area contributed by atoms with Gasteiger partial charge in [-0.1, -0.05) is 23.7 Å². The van der Waals surface area contributed by atoms with E-state index in [4.69, 9.17) is 16.3 Å². The molecule has 2 nitrogen and oxygen atoms in total. The smallest absolute Gasteiger partial charge is 0.0950 e. The highest BCUT2D eigenvalue weighted by molar-refractivity contribution is 6.33. The van der Waals surface area contributed by atoms with Crippen molar-refractivity contribution in [1.82, 2.24) is 0 Å². The van der Waals surface area contributed by atoms with Crippen LogP contribution in [0.15, 0.2) is 36.1 Å². The Hall–Kier alpha value is -1.15. The minimum atomic E-state index is 0.812. The number of halogens is 1. The third-order valence-electron chi connectivity index (χ3n) is 2.62. The van der Waals surface area contributed by atoms with E-state index in [2.05, 4.69) is 11.0 Å². The lowest BCUT2D eigenvalue weighted by molar-refractivity contribution is 0.272. The highest BCUT2D eigenvalue weighted by Gasteiger charge is 2.14. The summed E-state index contributed by atoms with van der Waals surface area (Å²) in [6.45, 7) is 1.83. The Morgan fingerprint density at radius 3 is 2.73 bits per heavy atom. The van der Waals surface area contributed by atoms with Gasteiger partial charge in [-0.3, -0.25) is 0 Å². The van der Waals surface area contributed by atoms with Gasteiger partial charge in [-0.05, 0) is 18.2 Å². The summed E-state index contributed by atoms with van der Waals surface area (Å²) in [5, 5.41) is 0.812. The lowest BCUT2D eigenvalue weighted by Gasteiger charge is -2.28. The molecule has 0 bridgehead atoms. The number of anilines is 1. The van der Waals surface area contributed by atoms with Crippen molar-refractivity contribution < 1.29 is 4.74 Å². The van der Waals surface area contributed by atoms with Gasteiger partial charge in [-0.2, -0.15) is 0 Å². The highest BCUT2D eigenvalue weighted by atomic mass is 35.5. The molecule has 0 N–H and O–H groups in total. The molecular formula is C12H14ClNO. The summed E-state index contributed by atoms with van der Waals surface area (Å²) in [6, 6.07) is 7.93. The second-order valence-corrected chi connectivity index (χ2v) is 3.93. The van der Waals surface area contributed by atoms with Crippen LogP contribution < -0.4 is 4.90 Å². The molecule has 0 aliphatic carbocycles. The van der Waals surface area contributed by atoms with Crippen LogP contribution in [-0.4, -0.2) is 20.2 Å². The Labute approximate surface area is 95.1 Å². The summed E-state index contributed by atoms with van der Waals surface area (Å²) in [4.78, 5) is 2.25. The molecule has 15 heavy (non-hydrogen) atoms. The van der Waals surface area contributed by atoms with Gasteiger partial charge in [-0.25, -0.2) is 0 Å². The fourth-order valence-electron chi connectivity index (χ4n) is 1.76. The minimum Gasteiger partial charge on any atom is -0.501 e. The molecule has 0 atom stereocenters. The Morgan fingerprint density at radius 2 is 2.13 bits per heavy atom. The number of hydrogen-bond acceptors (Lipinski definition) is 2. The maximum atomic E-state index is 6.13. The Kier molecular flexibility index (Phi) is 3.17. The third kappa shape index (κ3) is 2.26. The van der Waals surface area contributed by atoms with E-state index in [9.17, 15) is 0 Å². The van der Waals surface area contributed by atoms with E-state index in [1.54, 1.807) is 7.11 Å². The number of rotatable bonds is 2. The summed E-state index contributed by atoms with van der Waals surface area (Å²) in [7, 11) is 1.72.